The second kappa shape index (κ2) is 4.24. The van der Waals surface area contributed by atoms with Crippen LogP contribution in [0.2, 0.25) is 0 Å². The van der Waals surface area contributed by atoms with E-state index in [2.05, 4.69) is 37.3 Å². The first-order valence-corrected chi connectivity index (χ1v) is 6.84. The molecule has 1 aromatic rings. The van der Waals surface area contributed by atoms with Gasteiger partial charge in [0.25, 0.3) is 0 Å². The molecule has 2 saturated carbocycles. The van der Waals surface area contributed by atoms with Crippen LogP contribution in [0.1, 0.15) is 37.7 Å². The van der Waals surface area contributed by atoms with Crippen molar-refractivity contribution in [1.29, 1.82) is 0 Å². The Morgan fingerprint density at radius 2 is 1.83 bits per heavy atom. The maximum Gasteiger partial charge on any atom is 2.00 e. The van der Waals surface area contributed by atoms with Gasteiger partial charge in [0, 0.05) is 0 Å². The number of benzene rings is 1. The summed E-state index contributed by atoms with van der Waals surface area (Å²) in [5.41, 5.74) is 5.40. The molecule has 1 atom stereocenters. The molecule has 2 fully saturated rings. The Labute approximate surface area is 123 Å². The van der Waals surface area contributed by atoms with Gasteiger partial charge in [0.15, 0.2) is 0 Å². The molecule has 95 valence electrons. The van der Waals surface area contributed by atoms with Gasteiger partial charge in [-0.15, -0.1) is 11.5 Å². The standard InChI is InChI=1S/C17H18.Rh/c1-2-13-14-15(12-8-4-3-5-9-12)17(16(13)14)10-6-7-11-17;/h3-5,8-9,16H,1-2,6-7,10-11H2;/q-2;+2. The van der Waals surface area contributed by atoms with E-state index in [-0.39, 0.29) is 19.5 Å². The van der Waals surface area contributed by atoms with Crippen LogP contribution in [0.15, 0.2) is 35.9 Å². The van der Waals surface area contributed by atoms with E-state index in [1.165, 1.54) is 31.2 Å². The summed E-state index contributed by atoms with van der Waals surface area (Å²) in [7, 11) is 0. The van der Waals surface area contributed by atoms with Crippen LogP contribution in [0.3, 0.4) is 0 Å². The molecule has 1 aromatic carbocycles. The van der Waals surface area contributed by atoms with Crippen molar-refractivity contribution in [2.45, 2.75) is 32.1 Å². The van der Waals surface area contributed by atoms with Crippen molar-refractivity contribution in [3.05, 3.63) is 54.3 Å². The van der Waals surface area contributed by atoms with Crippen LogP contribution < -0.4 is 0 Å². The predicted molar refractivity (Wildman–Crippen MR) is 71.0 cm³/mol. The fraction of sp³-hybridized carbons (Fsp3) is 0.412. The van der Waals surface area contributed by atoms with Gasteiger partial charge >= 0.3 is 19.5 Å². The molecule has 0 aromatic heterocycles. The zero-order chi connectivity index (χ0) is 11.5. The number of hydrogen-bond donors (Lipinski definition) is 0. The van der Waals surface area contributed by atoms with Crippen molar-refractivity contribution in [2.75, 3.05) is 0 Å². The molecule has 1 spiro atoms. The second-order valence-electron chi connectivity index (χ2n) is 5.73. The van der Waals surface area contributed by atoms with Crippen LogP contribution in [0.5, 0.6) is 0 Å². The Morgan fingerprint density at radius 1 is 1.17 bits per heavy atom. The van der Waals surface area contributed by atoms with E-state index in [1.54, 1.807) is 17.1 Å². The van der Waals surface area contributed by atoms with Crippen molar-refractivity contribution in [3.63, 3.8) is 0 Å². The molecule has 1 heteroatoms. The third-order valence-corrected chi connectivity index (χ3v) is 5.05. The number of rotatable bonds is 2. The molecular weight excluding hydrogens is 307 g/mol. The largest absolute Gasteiger partial charge is 2.00 e. The maximum absolute atomic E-state index is 4.10. The van der Waals surface area contributed by atoms with E-state index >= 15 is 0 Å². The summed E-state index contributed by atoms with van der Waals surface area (Å²) in [6.07, 6.45) is 6.69. The topological polar surface area (TPSA) is 0 Å². The van der Waals surface area contributed by atoms with Crippen molar-refractivity contribution in [3.8, 4) is 0 Å². The fourth-order valence-corrected chi connectivity index (χ4v) is 4.39. The Bertz CT molecular complexity index is 480. The predicted octanol–water partition coefficient (Wildman–Crippen LogP) is 4.44. The minimum absolute atomic E-state index is 0. The molecule has 0 heterocycles. The summed E-state index contributed by atoms with van der Waals surface area (Å²) in [4.78, 5) is 0. The van der Waals surface area contributed by atoms with E-state index in [1.807, 2.05) is 0 Å². The molecule has 1 unspecified atom stereocenters. The van der Waals surface area contributed by atoms with Gasteiger partial charge in [-0.3, -0.25) is 0 Å². The Morgan fingerprint density at radius 3 is 2.44 bits per heavy atom. The summed E-state index contributed by atoms with van der Waals surface area (Å²) in [6.45, 7) is 4.10. The Hall–Kier alpha value is -0.547. The van der Waals surface area contributed by atoms with Crippen LogP contribution >= 0.6 is 0 Å². The number of hydrogen-bond acceptors (Lipinski definition) is 0. The molecule has 0 saturated heterocycles. The van der Waals surface area contributed by atoms with Gasteiger partial charge in [-0.1, -0.05) is 61.4 Å². The van der Waals surface area contributed by atoms with Crippen molar-refractivity contribution in [2.24, 2.45) is 11.3 Å². The van der Waals surface area contributed by atoms with Crippen molar-refractivity contribution < 1.29 is 19.5 Å². The van der Waals surface area contributed by atoms with Crippen LogP contribution in [-0.4, -0.2) is 0 Å². The first-order valence-electron chi connectivity index (χ1n) is 6.84. The third-order valence-electron chi connectivity index (χ3n) is 5.05. The van der Waals surface area contributed by atoms with Gasteiger partial charge in [-0.05, 0) is 0 Å². The molecule has 3 aliphatic rings. The average Bonchev–Trinajstić information content (AvgIpc) is 2.79. The summed E-state index contributed by atoms with van der Waals surface area (Å²) in [6, 6.07) is 11.0. The minimum atomic E-state index is 0. The zero-order valence-corrected chi connectivity index (χ0v) is 12.2. The molecule has 0 bridgehead atoms. The molecule has 1 radical (unpaired) electrons. The van der Waals surface area contributed by atoms with Gasteiger partial charge in [0.2, 0.25) is 0 Å². The van der Waals surface area contributed by atoms with Gasteiger partial charge in [0.1, 0.15) is 0 Å². The van der Waals surface area contributed by atoms with Crippen LogP contribution in [0.4, 0.5) is 0 Å². The molecule has 0 nitrogen and oxygen atoms in total. The maximum atomic E-state index is 4.10. The van der Waals surface area contributed by atoms with Crippen LogP contribution in [-0.2, 0) is 19.5 Å². The normalized spacial score (nSPS) is 26.7. The first kappa shape index (κ1) is 12.5. The van der Waals surface area contributed by atoms with Gasteiger partial charge in [0.05, 0.1) is 0 Å². The van der Waals surface area contributed by atoms with Crippen molar-refractivity contribution >= 4 is 5.57 Å². The van der Waals surface area contributed by atoms with Gasteiger partial charge in [-0.25, -0.2) is 17.9 Å². The second-order valence-corrected chi connectivity index (χ2v) is 5.73. The van der Waals surface area contributed by atoms with Crippen molar-refractivity contribution in [1.82, 2.24) is 0 Å². The molecule has 18 heavy (non-hydrogen) atoms. The van der Waals surface area contributed by atoms with Crippen LogP contribution in [0, 0.1) is 24.2 Å². The summed E-state index contributed by atoms with van der Waals surface area (Å²) >= 11 is 0. The van der Waals surface area contributed by atoms with E-state index in [0.717, 1.165) is 12.3 Å². The monoisotopic (exact) mass is 325 g/mol. The summed E-state index contributed by atoms with van der Waals surface area (Å²) < 4.78 is 0. The molecule has 3 aliphatic carbocycles. The summed E-state index contributed by atoms with van der Waals surface area (Å²) in [5, 5.41) is 0. The smallest absolute Gasteiger partial charge is 0.356 e. The summed E-state index contributed by atoms with van der Waals surface area (Å²) in [5.74, 6) is 2.52. The molecule has 0 aliphatic heterocycles. The zero-order valence-electron chi connectivity index (χ0n) is 10.5. The molecule has 4 rings (SSSR count). The fourth-order valence-electron chi connectivity index (χ4n) is 4.39. The molecular formula is C17H18Rh. The van der Waals surface area contributed by atoms with E-state index in [4.69, 9.17) is 0 Å². The quantitative estimate of drug-likeness (QED) is 0.557. The number of allylic oxidation sites excluding steroid dienone is 2. The third kappa shape index (κ3) is 1.38. The van der Waals surface area contributed by atoms with E-state index < -0.39 is 0 Å². The molecule has 0 N–H and O–H groups in total. The van der Waals surface area contributed by atoms with Crippen LogP contribution in [0.25, 0.3) is 5.57 Å². The SMILES string of the molecule is [CH2-]C[C-]1C2=C(c3ccccc3)C3(CCCC3)C21.[Rh+2]. The Balaban J connectivity index is 0.000001000. The first-order chi connectivity index (χ1) is 8.38. The Kier molecular flexibility index (Phi) is 2.94. The molecule has 0 amide bonds. The van der Waals surface area contributed by atoms with Gasteiger partial charge in [-0.2, -0.15) is 5.57 Å². The number of fused-ring (bicyclic) bond motifs is 2. The van der Waals surface area contributed by atoms with E-state index in [9.17, 15) is 0 Å². The minimum Gasteiger partial charge on any atom is -0.356 e. The van der Waals surface area contributed by atoms with E-state index in [0.29, 0.717) is 5.41 Å². The average molecular weight is 325 g/mol. The van der Waals surface area contributed by atoms with Gasteiger partial charge < -0.3 is 6.92 Å².